The number of anilines is 3. The van der Waals surface area contributed by atoms with Crippen molar-refractivity contribution in [2.24, 2.45) is 0 Å². The van der Waals surface area contributed by atoms with Crippen molar-refractivity contribution in [1.82, 2.24) is 0 Å². The van der Waals surface area contributed by atoms with Crippen molar-refractivity contribution < 1.29 is 0 Å². The van der Waals surface area contributed by atoms with Crippen LogP contribution in [0.5, 0.6) is 0 Å². The minimum atomic E-state index is 1.16. The van der Waals surface area contributed by atoms with Crippen LogP contribution in [0, 0.1) is 6.92 Å². The van der Waals surface area contributed by atoms with Gasteiger partial charge < -0.3 is 4.90 Å². The Morgan fingerprint density at radius 3 is 1.55 bits per heavy atom. The Morgan fingerprint density at radius 1 is 0.450 bits per heavy atom. The highest BCUT2D eigenvalue weighted by molar-refractivity contribution is 7.26. The lowest BCUT2D eigenvalue weighted by Crippen LogP contribution is -2.11. The van der Waals surface area contributed by atoms with Crippen LogP contribution in [0.3, 0.4) is 0 Å². The van der Waals surface area contributed by atoms with Gasteiger partial charge in [-0.1, -0.05) is 84.4 Å². The molecule has 0 unspecified atom stereocenters. The van der Waals surface area contributed by atoms with Crippen molar-refractivity contribution >= 4 is 80.1 Å². The smallest absolute Gasteiger partial charge is 0.0540 e. The molecule has 190 valence electrons. The van der Waals surface area contributed by atoms with Crippen molar-refractivity contribution in [1.29, 1.82) is 0 Å². The van der Waals surface area contributed by atoms with Gasteiger partial charge in [-0.05, 0) is 67.1 Å². The molecule has 0 amide bonds. The molecule has 2 aromatic heterocycles. The number of benzene rings is 6. The summed E-state index contributed by atoms with van der Waals surface area (Å²) in [5.74, 6) is 0. The maximum Gasteiger partial charge on any atom is 0.0540 e. The highest BCUT2D eigenvalue weighted by Crippen LogP contribution is 2.45. The molecule has 8 rings (SSSR count). The van der Waals surface area contributed by atoms with Gasteiger partial charge in [0.2, 0.25) is 0 Å². The summed E-state index contributed by atoms with van der Waals surface area (Å²) >= 11 is 3.72. The minimum Gasteiger partial charge on any atom is -0.310 e. The number of rotatable bonds is 4. The van der Waals surface area contributed by atoms with E-state index in [0.29, 0.717) is 0 Å². The van der Waals surface area contributed by atoms with Gasteiger partial charge in [-0.2, -0.15) is 0 Å². The molecule has 1 nitrogen and oxygen atoms in total. The van der Waals surface area contributed by atoms with E-state index in [-0.39, 0.29) is 0 Å². The van der Waals surface area contributed by atoms with E-state index in [2.05, 4.69) is 145 Å². The zero-order valence-corrected chi connectivity index (χ0v) is 23.6. The van der Waals surface area contributed by atoms with Crippen LogP contribution in [0.25, 0.3) is 51.5 Å². The Morgan fingerprint density at radius 2 is 0.950 bits per heavy atom. The Labute approximate surface area is 241 Å². The van der Waals surface area contributed by atoms with E-state index in [1.165, 1.54) is 62.7 Å². The molecule has 0 saturated heterocycles. The largest absolute Gasteiger partial charge is 0.310 e. The molecule has 0 aliphatic rings. The molecule has 8 aromatic rings. The summed E-state index contributed by atoms with van der Waals surface area (Å²) in [5.41, 5.74) is 7.19. The van der Waals surface area contributed by atoms with Crippen LogP contribution in [0.1, 0.15) is 5.56 Å². The second-order valence-corrected chi connectivity index (χ2v) is 12.4. The highest BCUT2D eigenvalue weighted by Gasteiger charge is 2.19. The van der Waals surface area contributed by atoms with Gasteiger partial charge in [0.1, 0.15) is 0 Å². The van der Waals surface area contributed by atoms with Crippen molar-refractivity contribution in [2.75, 3.05) is 4.90 Å². The lowest BCUT2D eigenvalue weighted by atomic mass is 10.0. The summed E-state index contributed by atoms with van der Waals surface area (Å²) in [7, 11) is 0. The van der Waals surface area contributed by atoms with Crippen LogP contribution in [-0.4, -0.2) is 0 Å². The summed E-state index contributed by atoms with van der Waals surface area (Å²) in [5, 5.41) is 5.24. The lowest BCUT2D eigenvalue weighted by molar-refractivity contribution is 1.30. The number of fused-ring (bicyclic) bond motifs is 6. The molecule has 0 radical (unpaired) electrons. The van der Waals surface area contributed by atoms with Crippen LogP contribution in [0.4, 0.5) is 17.1 Å². The second-order valence-electron chi connectivity index (χ2n) is 10.3. The highest BCUT2D eigenvalue weighted by atomic mass is 32.1. The van der Waals surface area contributed by atoms with E-state index in [1.807, 2.05) is 22.7 Å². The van der Waals surface area contributed by atoms with E-state index >= 15 is 0 Å². The summed E-state index contributed by atoms with van der Waals surface area (Å²) in [6.07, 6.45) is 0. The molecule has 0 spiro atoms. The maximum absolute atomic E-state index is 2.44. The zero-order chi connectivity index (χ0) is 26.6. The molecule has 0 aliphatic carbocycles. The monoisotopic (exact) mass is 547 g/mol. The molecule has 40 heavy (non-hydrogen) atoms. The van der Waals surface area contributed by atoms with Gasteiger partial charge in [-0.3, -0.25) is 0 Å². The molecule has 0 aliphatic heterocycles. The van der Waals surface area contributed by atoms with Crippen LogP contribution in [0.15, 0.2) is 133 Å². The fourth-order valence-electron chi connectivity index (χ4n) is 5.78. The van der Waals surface area contributed by atoms with Gasteiger partial charge in [-0.15, -0.1) is 22.7 Å². The summed E-state index contributed by atoms with van der Waals surface area (Å²) < 4.78 is 5.28. The third-order valence-electron chi connectivity index (χ3n) is 7.74. The zero-order valence-electron chi connectivity index (χ0n) is 22.0. The molecule has 0 saturated carbocycles. The van der Waals surface area contributed by atoms with Crippen LogP contribution in [0.2, 0.25) is 0 Å². The fourth-order valence-corrected chi connectivity index (χ4v) is 7.95. The Bertz CT molecular complexity index is 2070. The number of hydrogen-bond acceptors (Lipinski definition) is 3. The molecule has 0 atom stereocenters. The van der Waals surface area contributed by atoms with Crippen molar-refractivity contribution in [3.8, 4) is 11.1 Å². The predicted octanol–water partition coefficient (Wildman–Crippen LogP) is 11.9. The van der Waals surface area contributed by atoms with Crippen molar-refractivity contribution in [3.05, 3.63) is 139 Å². The summed E-state index contributed by atoms with van der Waals surface area (Å²) in [4.78, 5) is 2.44. The standard InChI is InChI=1S/C37H25NS2/c1-24-14-16-25(17-15-24)28-8-2-5-11-33(28)38(26-18-20-36-31(22-26)29-9-3-6-12-34(29)39-36)27-19-21-37-32(23-27)30-10-4-7-13-35(30)40-37/h2-23H,1H3. The van der Waals surface area contributed by atoms with Gasteiger partial charge >= 0.3 is 0 Å². The summed E-state index contributed by atoms with van der Waals surface area (Å²) in [6, 6.07) is 49.0. The molecular formula is C37H25NS2. The number of para-hydroxylation sites is 1. The number of thiophene rings is 2. The maximum atomic E-state index is 2.44. The first-order chi connectivity index (χ1) is 19.7. The molecule has 0 fully saturated rings. The average Bonchev–Trinajstić information content (AvgIpc) is 3.56. The minimum absolute atomic E-state index is 1.16. The predicted molar refractivity (Wildman–Crippen MR) is 177 cm³/mol. The van der Waals surface area contributed by atoms with Gasteiger partial charge in [0.05, 0.1) is 5.69 Å². The Balaban J connectivity index is 1.40. The SMILES string of the molecule is Cc1ccc(-c2ccccc2N(c2ccc3sc4ccccc4c3c2)c2ccc3sc4ccccc4c3c2)cc1. The van der Waals surface area contributed by atoms with E-state index < -0.39 is 0 Å². The summed E-state index contributed by atoms with van der Waals surface area (Å²) in [6.45, 7) is 2.14. The van der Waals surface area contributed by atoms with E-state index in [0.717, 1.165) is 11.4 Å². The first-order valence-corrected chi connectivity index (χ1v) is 15.1. The molecule has 2 heterocycles. The van der Waals surface area contributed by atoms with Crippen LogP contribution >= 0.6 is 22.7 Å². The normalized spacial score (nSPS) is 11.6. The Kier molecular flexibility index (Phi) is 5.47. The van der Waals surface area contributed by atoms with E-state index in [9.17, 15) is 0 Å². The first kappa shape index (κ1) is 23.4. The number of aryl methyl sites for hydroxylation is 1. The van der Waals surface area contributed by atoms with Crippen molar-refractivity contribution in [3.63, 3.8) is 0 Å². The third-order valence-corrected chi connectivity index (χ3v) is 10.0. The van der Waals surface area contributed by atoms with Gasteiger partial charge in [0.15, 0.2) is 0 Å². The van der Waals surface area contributed by atoms with Gasteiger partial charge in [-0.25, -0.2) is 0 Å². The van der Waals surface area contributed by atoms with Crippen LogP contribution < -0.4 is 4.90 Å². The lowest BCUT2D eigenvalue weighted by Gasteiger charge is -2.28. The van der Waals surface area contributed by atoms with E-state index in [1.54, 1.807) is 0 Å². The van der Waals surface area contributed by atoms with Crippen molar-refractivity contribution in [2.45, 2.75) is 6.92 Å². The third kappa shape index (κ3) is 3.82. The quantitative estimate of drug-likeness (QED) is 0.212. The van der Waals surface area contributed by atoms with Gasteiger partial charge in [0.25, 0.3) is 0 Å². The Hall–Kier alpha value is -4.44. The molecule has 0 bridgehead atoms. The molecule has 6 aromatic carbocycles. The number of hydrogen-bond donors (Lipinski definition) is 0. The second kappa shape index (κ2) is 9.34. The van der Waals surface area contributed by atoms with Gasteiger partial charge in [0, 0.05) is 57.3 Å². The average molecular weight is 548 g/mol. The molecular weight excluding hydrogens is 523 g/mol. The first-order valence-electron chi connectivity index (χ1n) is 13.5. The topological polar surface area (TPSA) is 3.24 Å². The molecule has 3 heteroatoms. The molecule has 0 N–H and O–H groups in total. The van der Waals surface area contributed by atoms with Crippen LogP contribution in [-0.2, 0) is 0 Å². The van der Waals surface area contributed by atoms with E-state index in [4.69, 9.17) is 0 Å². The fraction of sp³-hybridized carbons (Fsp3) is 0.0270. The number of nitrogens with zero attached hydrogens (tertiary/aromatic N) is 1.